The van der Waals surface area contributed by atoms with Gasteiger partial charge in [0.15, 0.2) is 0 Å². The molecule has 0 spiro atoms. The van der Waals surface area contributed by atoms with Crippen molar-refractivity contribution in [3.63, 3.8) is 0 Å². The minimum Gasteiger partial charge on any atom is -0.322 e. The number of nitrogens with zero attached hydrogens (tertiary/aromatic N) is 5. The number of rotatable bonds is 6. The molecule has 3 aromatic carbocycles. The van der Waals surface area contributed by atoms with Gasteiger partial charge in [-0.25, -0.2) is 0 Å². The van der Waals surface area contributed by atoms with E-state index in [4.69, 9.17) is 23.6 Å². The lowest BCUT2D eigenvalue weighted by Gasteiger charge is -2.08. The van der Waals surface area contributed by atoms with Crippen molar-refractivity contribution in [1.82, 2.24) is 9.78 Å². The van der Waals surface area contributed by atoms with Crippen LogP contribution in [0.3, 0.4) is 0 Å². The summed E-state index contributed by atoms with van der Waals surface area (Å²) in [6.07, 6.45) is 5.41. The van der Waals surface area contributed by atoms with Gasteiger partial charge in [-0.1, -0.05) is 46.9 Å². The molecule has 36 heavy (non-hydrogen) atoms. The van der Waals surface area contributed by atoms with Crippen LogP contribution in [0.5, 0.6) is 0 Å². The molecule has 9 nitrogen and oxygen atoms in total. The topological polar surface area (TPSA) is 125 Å². The normalized spacial score (nSPS) is 10.1. The molecule has 0 radical (unpaired) electrons. The number of hydrogen-bond acceptors (Lipinski definition) is 4. The van der Waals surface area contributed by atoms with Gasteiger partial charge in [0.2, 0.25) is 0 Å². The number of halogens is 1. The molecular formula is C26H18ClN7O2. The first kappa shape index (κ1) is 24.1. The van der Waals surface area contributed by atoms with E-state index >= 15 is 0 Å². The molecule has 4 aromatic rings. The van der Waals surface area contributed by atoms with Gasteiger partial charge in [0, 0.05) is 46.1 Å². The standard InChI is InChI=1S/C26H18ClN7O2/c1-3-16-5-4-6-18(13-16)25(35)30-24-15-23(32-34(24)2)17-7-9-19(10-8-17)29-26(36)21-14-20(31-33-28)11-12-22(21)27/h1,4-15H,2H3,(H,29,36)(H,30,35). The van der Waals surface area contributed by atoms with Crippen LogP contribution >= 0.6 is 11.6 Å². The van der Waals surface area contributed by atoms with E-state index in [1.54, 1.807) is 66.3 Å². The third-order valence-electron chi connectivity index (χ3n) is 5.21. The zero-order chi connectivity index (χ0) is 25.7. The minimum atomic E-state index is -0.445. The van der Waals surface area contributed by atoms with Crippen molar-refractivity contribution >= 4 is 40.6 Å². The van der Waals surface area contributed by atoms with Gasteiger partial charge in [0.05, 0.1) is 16.3 Å². The predicted octanol–water partition coefficient (Wildman–Crippen LogP) is 6.17. The lowest BCUT2D eigenvalue weighted by molar-refractivity contribution is 0.101. The lowest BCUT2D eigenvalue weighted by atomic mass is 10.1. The molecule has 1 aromatic heterocycles. The fourth-order valence-corrected chi connectivity index (χ4v) is 3.59. The van der Waals surface area contributed by atoms with Crippen LogP contribution in [0.1, 0.15) is 26.3 Å². The highest BCUT2D eigenvalue weighted by molar-refractivity contribution is 6.34. The predicted molar refractivity (Wildman–Crippen MR) is 139 cm³/mol. The Morgan fingerprint density at radius 3 is 2.56 bits per heavy atom. The van der Waals surface area contributed by atoms with E-state index in [2.05, 4.69) is 31.7 Å². The average Bonchev–Trinajstić information content (AvgIpc) is 3.25. The Labute approximate surface area is 211 Å². The monoisotopic (exact) mass is 495 g/mol. The number of aromatic nitrogens is 2. The maximum Gasteiger partial charge on any atom is 0.257 e. The minimum absolute atomic E-state index is 0.184. The van der Waals surface area contributed by atoms with Crippen molar-refractivity contribution < 1.29 is 9.59 Å². The quantitative estimate of drug-likeness (QED) is 0.144. The molecule has 0 aliphatic carbocycles. The van der Waals surface area contributed by atoms with E-state index < -0.39 is 5.91 Å². The van der Waals surface area contributed by atoms with Crippen LogP contribution in [0.15, 0.2) is 77.9 Å². The summed E-state index contributed by atoms with van der Waals surface area (Å²) in [5.74, 6) is 2.27. The Bertz CT molecular complexity index is 1560. The second-order valence-electron chi connectivity index (χ2n) is 7.60. The van der Waals surface area contributed by atoms with Crippen LogP contribution in [-0.2, 0) is 7.05 Å². The van der Waals surface area contributed by atoms with E-state index in [1.807, 2.05) is 0 Å². The summed E-state index contributed by atoms with van der Waals surface area (Å²) in [5.41, 5.74) is 12.1. The van der Waals surface area contributed by atoms with Gasteiger partial charge < -0.3 is 10.6 Å². The highest BCUT2D eigenvalue weighted by Gasteiger charge is 2.14. The molecule has 0 saturated carbocycles. The number of aryl methyl sites for hydroxylation is 1. The SMILES string of the molecule is C#Cc1cccc(C(=O)Nc2cc(-c3ccc(NC(=O)c4cc(N=[N+]=[N-])ccc4Cl)cc3)nn2C)c1. The van der Waals surface area contributed by atoms with Gasteiger partial charge in [-0.2, -0.15) is 5.10 Å². The van der Waals surface area contributed by atoms with E-state index in [9.17, 15) is 9.59 Å². The number of hydrogen-bond donors (Lipinski definition) is 2. The molecule has 0 atom stereocenters. The van der Waals surface area contributed by atoms with Crippen molar-refractivity contribution in [2.75, 3.05) is 10.6 Å². The number of anilines is 2. The molecule has 10 heteroatoms. The molecule has 0 aliphatic heterocycles. The van der Waals surface area contributed by atoms with Gasteiger partial charge in [-0.3, -0.25) is 14.3 Å². The number of benzene rings is 3. The molecule has 2 amide bonds. The Hall–Kier alpha value is -5.03. The van der Waals surface area contributed by atoms with E-state index in [0.29, 0.717) is 28.3 Å². The molecule has 2 N–H and O–H groups in total. The summed E-state index contributed by atoms with van der Waals surface area (Å²) in [6, 6.07) is 20.0. The number of carbonyl (C=O) groups excluding carboxylic acids is 2. The van der Waals surface area contributed by atoms with Crippen LogP contribution in [0.2, 0.25) is 5.02 Å². The third kappa shape index (κ3) is 5.37. The Morgan fingerprint density at radius 1 is 1.06 bits per heavy atom. The summed E-state index contributed by atoms with van der Waals surface area (Å²) in [4.78, 5) is 28.0. The summed E-state index contributed by atoms with van der Waals surface area (Å²) >= 11 is 6.13. The number of azide groups is 1. The van der Waals surface area contributed by atoms with E-state index in [-0.39, 0.29) is 22.2 Å². The molecule has 1 heterocycles. The second-order valence-corrected chi connectivity index (χ2v) is 8.01. The second kappa shape index (κ2) is 10.5. The maximum atomic E-state index is 12.7. The fourth-order valence-electron chi connectivity index (χ4n) is 3.39. The Balaban J connectivity index is 1.48. The van der Waals surface area contributed by atoms with Crippen LogP contribution < -0.4 is 10.6 Å². The summed E-state index contributed by atoms with van der Waals surface area (Å²) in [5, 5.41) is 13.8. The molecule has 0 fully saturated rings. The van der Waals surface area contributed by atoms with Crippen molar-refractivity contribution in [2.45, 2.75) is 0 Å². The van der Waals surface area contributed by atoms with E-state index in [1.165, 1.54) is 18.2 Å². The largest absolute Gasteiger partial charge is 0.322 e. The number of amides is 2. The fraction of sp³-hybridized carbons (Fsp3) is 0.0385. The molecule has 0 saturated heterocycles. The highest BCUT2D eigenvalue weighted by atomic mass is 35.5. The molecule has 0 bridgehead atoms. The van der Waals surface area contributed by atoms with Crippen LogP contribution in [0.25, 0.3) is 21.7 Å². The molecule has 4 rings (SSSR count). The van der Waals surface area contributed by atoms with Gasteiger partial charge in [0.25, 0.3) is 11.8 Å². The van der Waals surface area contributed by atoms with Crippen LogP contribution in [0.4, 0.5) is 17.2 Å². The third-order valence-corrected chi connectivity index (χ3v) is 5.54. The van der Waals surface area contributed by atoms with E-state index in [0.717, 1.165) is 5.56 Å². The highest BCUT2D eigenvalue weighted by Crippen LogP contribution is 2.26. The Morgan fingerprint density at radius 2 is 1.83 bits per heavy atom. The van der Waals surface area contributed by atoms with Crippen molar-refractivity contribution in [3.8, 4) is 23.6 Å². The Kier molecular flexibility index (Phi) is 7.02. The molecule has 176 valence electrons. The van der Waals surface area contributed by atoms with Gasteiger partial charge in [-0.15, -0.1) is 6.42 Å². The first-order valence-corrected chi connectivity index (χ1v) is 10.9. The zero-order valence-corrected chi connectivity index (χ0v) is 19.7. The van der Waals surface area contributed by atoms with Gasteiger partial charge in [-0.05, 0) is 48.0 Å². The summed E-state index contributed by atoms with van der Waals surface area (Å²) < 4.78 is 1.56. The van der Waals surface area contributed by atoms with Crippen molar-refractivity contribution in [2.24, 2.45) is 12.2 Å². The average molecular weight is 496 g/mol. The summed E-state index contributed by atoms with van der Waals surface area (Å²) in [7, 11) is 1.72. The van der Waals surface area contributed by atoms with Crippen LogP contribution in [-0.4, -0.2) is 21.6 Å². The number of carbonyl (C=O) groups is 2. The zero-order valence-electron chi connectivity index (χ0n) is 18.9. The van der Waals surface area contributed by atoms with Crippen LogP contribution in [0, 0.1) is 12.3 Å². The lowest BCUT2D eigenvalue weighted by Crippen LogP contribution is -2.14. The number of terminal acetylenes is 1. The number of nitrogens with one attached hydrogen (secondary N) is 2. The molecular weight excluding hydrogens is 478 g/mol. The van der Waals surface area contributed by atoms with Crippen molar-refractivity contribution in [3.05, 3.63) is 105 Å². The van der Waals surface area contributed by atoms with Gasteiger partial charge in [0.1, 0.15) is 5.82 Å². The maximum absolute atomic E-state index is 12.7. The molecule has 0 unspecified atom stereocenters. The summed E-state index contributed by atoms with van der Waals surface area (Å²) in [6.45, 7) is 0. The molecule has 0 aliphatic rings. The van der Waals surface area contributed by atoms with Crippen molar-refractivity contribution in [1.29, 1.82) is 0 Å². The first-order chi connectivity index (χ1) is 17.4. The smallest absolute Gasteiger partial charge is 0.257 e. The first-order valence-electron chi connectivity index (χ1n) is 10.6. The van der Waals surface area contributed by atoms with Gasteiger partial charge >= 0.3 is 0 Å².